The minimum atomic E-state index is -3.77. The van der Waals surface area contributed by atoms with Crippen LogP contribution >= 0.6 is 0 Å². The van der Waals surface area contributed by atoms with Crippen LogP contribution in [0.5, 0.6) is 0 Å². The van der Waals surface area contributed by atoms with Crippen molar-refractivity contribution in [1.82, 2.24) is 0 Å². The van der Waals surface area contributed by atoms with Gasteiger partial charge < -0.3 is 10.6 Å². The highest BCUT2D eigenvalue weighted by molar-refractivity contribution is 7.89. The summed E-state index contributed by atoms with van der Waals surface area (Å²) in [6.07, 6.45) is 0. The maximum Gasteiger partial charge on any atom is 0.240 e. The normalized spacial score (nSPS) is 14.3. The molecule has 3 rings (SSSR count). The molecule has 20 heavy (non-hydrogen) atoms. The Kier molecular flexibility index (Phi) is 2.92. The van der Waals surface area contributed by atoms with E-state index in [-0.39, 0.29) is 10.6 Å². The van der Waals surface area contributed by atoms with Crippen LogP contribution in [0.15, 0.2) is 47.4 Å². The van der Waals surface area contributed by atoms with Gasteiger partial charge >= 0.3 is 0 Å². The van der Waals surface area contributed by atoms with Crippen LogP contribution in [0.3, 0.4) is 0 Å². The number of fused-ring (bicyclic) bond motifs is 1. The third-order valence-electron chi connectivity index (χ3n) is 3.51. The molecule has 0 radical (unpaired) electrons. The lowest BCUT2D eigenvalue weighted by Gasteiger charge is -2.18. The summed E-state index contributed by atoms with van der Waals surface area (Å²) in [5, 5.41) is 5.11. The van der Waals surface area contributed by atoms with Crippen LogP contribution in [0.25, 0.3) is 0 Å². The summed E-state index contributed by atoms with van der Waals surface area (Å²) in [7, 11) is -3.77. The molecule has 2 aromatic rings. The number of nitrogen functional groups attached to an aromatic ring is 1. The number of hydrogen-bond acceptors (Lipinski definition) is 4. The lowest BCUT2D eigenvalue weighted by Crippen LogP contribution is -2.17. The van der Waals surface area contributed by atoms with Gasteiger partial charge in [0.05, 0.1) is 5.69 Å². The minimum Gasteiger partial charge on any atom is -0.398 e. The van der Waals surface area contributed by atoms with Gasteiger partial charge in [-0.3, -0.25) is 0 Å². The Labute approximate surface area is 117 Å². The molecule has 0 unspecified atom stereocenters. The van der Waals surface area contributed by atoms with E-state index >= 15 is 0 Å². The van der Waals surface area contributed by atoms with E-state index in [1.165, 1.54) is 17.2 Å². The maximum absolute atomic E-state index is 11.3. The highest BCUT2D eigenvalue weighted by Gasteiger charge is 2.20. The summed E-state index contributed by atoms with van der Waals surface area (Å²) in [5.74, 6) is 0. The molecular weight excluding hydrogens is 274 g/mol. The third-order valence-corrected chi connectivity index (χ3v) is 4.49. The van der Waals surface area contributed by atoms with Crippen molar-refractivity contribution < 1.29 is 8.42 Å². The van der Waals surface area contributed by atoms with Crippen molar-refractivity contribution in [2.45, 2.75) is 18.0 Å². The number of nitrogens with zero attached hydrogens (tertiary/aromatic N) is 1. The average Bonchev–Trinajstić information content (AvgIpc) is 2.80. The summed E-state index contributed by atoms with van der Waals surface area (Å²) in [6.45, 7) is 1.59. The summed E-state index contributed by atoms with van der Waals surface area (Å²) < 4.78 is 22.7. The van der Waals surface area contributed by atoms with Crippen molar-refractivity contribution in [3.63, 3.8) is 0 Å². The van der Waals surface area contributed by atoms with Crippen molar-refractivity contribution in [2.75, 3.05) is 10.6 Å². The molecule has 5 nitrogen and oxygen atoms in total. The van der Waals surface area contributed by atoms with Gasteiger partial charge in [-0.1, -0.05) is 24.3 Å². The van der Waals surface area contributed by atoms with Gasteiger partial charge in [-0.25, -0.2) is 13.6 Å². The number of rotatable bonds is 2. The first kappa shape index (κ1) is 13.0. The van der Waals surface area contributed by atoms with Gasteiger partial charge in [0.15, 0.2) is 0 Å². The maximum atomic E-state index is 11.3. The molecule has 1 aliphatic heterocycles. The lowest BCUT2D eigenvalue weighted by atomic mass is 10.1. The highest BCUT2D eigenvalue weighted by Crippen LogP contribution is 2.31. The Morgan fingerprint density at radius 1 is 1.00 bits per heavy atom. The standard InChI is InChI=1S/C14H15N3O2S/c15-13-7-12(5-6-14(13)20(16,18)19)17-8-10-3-1-2-4-11(10)9-17/h1-7H,8-9,15H2,(H2,16,18,19). The van der Waals surface area contributed by atoms with Gasteiger partial charge in [-0.05, 0) is 29.3 Å². The van der Waals surface area contributed by atoms with Crippen LogP contribution in [0, 0.1) is 0 Å². The zero-order chi connectivity index (χ0) is 14.3. The fourth-order valence-corrected chi connectivity index (χ4v) is 3.15. The molecule has 0 amide bonds. The predicted octanol–water partition coefficient (Wildman–Crippen LogP) is 1.44. The Hall–Kier alpha value is -2.05. The van der Waals surface area contributed by atoms with Gasteiger partial charge in [0.25, 0.3) is 0 Å². The van der Waals surface area contributed by atoms with Crippen LogP contribution in [-0.4, -0.2) is 8.42 Å². The van der Waals surface area contributed by atoms with E-state index in [9.17, 15) is 8.42 Å². The molecule has 1 heterocycles. The Bertz CT molecular complexity index is 747. The van der Waals surface area contributed by atoms with Crippen molar-refractivity contribution in [2.24, 2.45) is 5.14 Å². The molecule has 4 N–H and O–H groups in total. The first-order valence-corrected chi connectivity index (χ1v) is 7.74. The lowest BCUT2D eigenvalue weighted by molar-refractivity contribution is 0.598. The zero-order valence-corrected chi connectivity index (χ0v) is 11.6. The average molecular weight is 289 g/mol. The van der Waals surface area contributed by atoms with E-state index in [4.69, 9.17) is 10.9 Å². The summed E-state index contributed by atoms with van der Waals surface area (Å²) in [5.41, 5.74) is 9.43. The quantitative estimate of drug-likeness (QED) is 0.819. The predicted molar refractivity (Wildman–Crippen MR) is 78.6 cm³/mol. The molecule has 104 valence electrons. The highest BCUT2D eigenvalue weighted by atomic mass is 32.2. The largest absolute Gasteiger partial charge is 0.398 e. The topological polar surface area (TPSA) is 89.4 Å². The van der Waals surface area contributed by atoms with Crippen molar-refractivity contribution in [3.05, 3.63) is 53.6 Å². The summed E-state index contributed by atoms with van der Waals surface area (Å²) in [6, 6.07) is 13.1. The second-order valence-corrected chi connectivity index (χ2v) is 6.42. The van der Waals surface area contributed by atoms with E-state index in [1.54, 1.807) is 12.1 Å². The fraction of sp³-hybridized carbons (Fsp3) is 0.143. The molecule has 0 aliphatic carbocycles. The fourth-order valence-electron chi connectivity index (χ4n) is 2.51. The molecule has 2 aromatic carbocycles. The molecular formula is C14H15N3O2S. The smallest absolute Gasteiger partial charge is 0.240 e. The number of sulfonamides is 1. The number of primary sulfonamides is 1. The summed E-state index contributed by atoms with van der Waals surface area (Å²) in [4.78, 5) is 2.12. The van der Waals surface area contributed by atoms with E-state index in [1.807, 2.05) is 12.1 Å². The van der Waals surface area contributed by atoms with Crippen molar-refractivity contribution in [1.29, 1.82) is 0 Å². The van der Waals surface area contributed by atoms with Gasteiger partial charge in [-0.2, -0.15) is 0 Å². The van der Waals surface area contributed by atoms with Crippen LogP contribution in [0.2, 0.25) is 0 Å². The molecule has 0 aromatic heterocycles. The molecule has 1 aliphatic rings. The number of hydrogen-bond donors (Lipinski definition) is 2. The van der Waals surface area contributed by atoms with Gasteiger partial charge in [0.1, 0.15) is 4.90 Å². The Morgan fingerprint density at radius 2 is 1.60 bits per heavy atom. The van der Waals surface area contributed by atoms with Crippen LogP contribution < -0.4 is 15.8 Å². The molecule has 0 fully saturated rings. The molecule has 0 spiro atoms. The molecule has 6 heteroatoms. The molecule has 0 saturated heterocycles. The minimum absolute atomic E-state index is 0.0297. The monoisotopic (exact) mass is 289 g/mol. The van der Waals surface area contributed by atoms with Gasteiger partial charge in [0.2, 0.25) is 10.0 Å². The molecule has 0 saturated carbocycles. The first-order chi connectivity index (χ1) is 9.45. The summed E-state index contributed by atoms with van der Waals surface area (Å²) >= 11 is 0. The number of benzene rings is 2. The SMILES string of the molecule is Nc1cc(N2Cc3ccccc3C2)ccc1S(N)(=O)=O. The van der Waals surface area contributed by atoms with E-state index in [0.717, 1.165) is 18.8 Å². The van der Waals surface area contributed by atoms with Gasteiger partial charge in [0, 0.05) is 18.8 Å². The molecule has 0 atom stereocenters. The Balaban J connectivity index is 1.93. The number of nitrogens with two attached hydrogens (primary N) is 2. The van der Waals surface area contributed by atoms with Crippen molar-refractivity contribution in [3.8, 4) is 0 Å². The first-order valence-electron chi connectivity index (χ1n) is 6.19. The Morgan fingerprint density at radius 3 is 2.10 bits per heavy atom. The number of anilines is 2. The zero-order valence-electron chi connectivity index (χ0n) is 10.8. The second-order valence-electron chi connectivity index (χ2n) is 4.89. The van der Waals surface area contributed by atoms with Crippen LogP contribution in [0.1, 0.15) is 11.1 Å². The third kappa shape index (κ3) is 2.23. The van der Waals surface area contributed by atoms with E-state index in [0.29, 0.717) is 0 Å². The second kappa shape index (κ2) is 4.50. The van der Waals surface area contributed by atoms with E-state index < -0.39 is 10.0 Å². The molecule has 0 bridgehead atoms. The van der Waals surface area contributed by atoms with Crippen molar-refractivity contribution >= 4 is 21.4 Å². The van der Waals surface area contributed by atoms with Crippen LogP contribution in [-0.2, 0) is 23.1 Å². The van der Waals surface area contributed by atoms with Crippen LogP contribution in [0.4, 0.5) is 11.4 Å². The van der Waals surface area contributed by atoms with Gasteiger partial charge in [-0.15, -0.1) is 0 Å². The van der Waals surface area contributed by atoms with E-state index in [2.05, 4.69) is 17.0 Å².